The number of nitro benzene ring substituents is 1. The Morgan fingerprint density at radius 1 is 1.12 bits per heavy atom. The van der Waals surface area contributed by atoms with Crippen LogP contribution in [0.1, 0.15) is 31.1 Å². The summed E-state index contributed by atoms with van der Waals surface area (Å²) in [5.74, 6) is -1.89. The number of nitrogens with zero attached hydrogens (tertiary/aromatic N) is 2. The summed E-state index contributed by atoms with van der Waals surface area (Å²) in [5, 5.41) is 11.1. The van der Waals surface area contributed by atoms with Crippen molar-refractivity contribution in [3.05, 3.63) is 74.3 Å². The lowest BCUT2D eigenvalue weighted by Crippen LogP contribution is -2.33. The van der Waals surface area contributed by atoms with Gasteiger partial charge in [-0.2, -0.15) is 0 Å². The van der Waals surface area contributed by atoms with Crippen LogP contribution in [0.25, 0.3) is 0 Å². The summed E-state index contributed by atoms with van der Waals surface area (Å²) < 4.78 is 4.98. The highest BCUT2D eigenvalue weighted by Crippen LogP contribution is 2.24. The minimum Gasteiger partial charge on any atom is -0.460 e. The van der Waals surface area contributed by atoms with Gasteiger partial charge in [0, 0.05) is 11.1 Å². The molecule has 1 heterocycles. The van der Waals surface area contributed by atoms with Crippen molar-refractivity contribution in [2.45, 2.75) is 0 Å². The fourth-order valence-corrected chi connectivity index (χ4v) is 2.74. The quantitative estimate of drug-likeness (QED) is 0.344. The molecule has 1 aliphatic rings. The number of esters is 1. The average molecular weight is 375 g/mol. The summed E-state index contributed by atoms with van der Waals surface area (Å²) in [4.78, 5) is 47.7. The Morgan fingerprint density at radius 3 is 2.31 bits per heavy atom. The number of nitro groups is 1. The molecule has 2 amide bonds. The second-order valence-electron chi connectivity index (χ2n) is 5.36. The molecule has 0 unspecified atom stereocenters. The van der Waals surface area contributed by atoms with Crippen molar-refractivity contribution in [1.82, 2.24) is 4.90 Å². The third-order valence-corrected chi connectivity index (χ3v) is 4.04. The second-order valence-corrected chi connectivity index (χ2v) is 5.80. The summed E-state index contributed by atoms with van der Waals surface area (Å²) in [7, 11) is 0. The molecular formula is C17H11ClN2O6. The van der Waals surface area contributed by atoms with Crippen LogP contribution in [0, 0.1) is 10.1 Å². The van der Waals surface area contributed by atoms with E-state index in [1.807, 2.05) is 0 Å². The number of rotatable bonds is 5. The number of halogens is 1. The Kier molecular flexibility index (Phi) is 4.68. The van der Waals surface area contributed by atoms with Crippen LogP contribution in [-0.2, 0) is 4.74 Å². The van der Waals surface area contributed by atoms with Crippen molar-refractivity contribution in [3.63, 3.8) is 0 Å². The fourth-order valence-electron chi connectivity index (χ4n) is 2.58. The maximum atomic E-state index is 12.2. The Balaban J connectivity index is 1.66. The molecule has 0 radical (unpaired) electrons. The molecule has 0 atom stereocenters. The summed E-state index contributed by atoms with van der Waals surface area (Å²) in [6.45, 7) is -0.441. The molecule has 9 heteroatoms. The van der Waals surface area contributed by atoms with Gasteiger partial charge in [0.05, 0.1) is 22.6 Å². The van der Waals surface area contributed by atoms with Crippen LogP contribution >= 0.6 is 11.6 Å². The Morgan fingerprint density at radius 2 is 1.73 bits per heavy atom. The number of hydrogen-bond donors (Lipinski definition) is 0. The van der Waals surface area contributed by atoms with Gasteiger partial charge in [0.25, 0.3) is 17.5 Å². The molecule has 0 spiro atoms. The van der Waals surface area contributed by atoms with Gasteiger partial charge in [-0.05, 0) is 24.3 Å². The number of amides is 2. The first-order chi connectivity index (χ1) is 12.4. The zero-order chi connectivity index (χ0) is 18.8. The Hall–Kier alpha value is -3.26. The zero-order valence-electron chi connectivity index (χ0n) is 13.2. The monoisotopic (exact) mass is 374 g/mol. The molecule has 0 N–H and O–H groups in total. The Bertz CT molecular complexity index is 908. The van der Waals surface area contributed by atoms with E-state index in [0.717, 1.165) is 11.0 Å². The summed E-state index contributed by atoms with van der Waals surface area (Å²) in [6.07, 6.45) is 0. The first-order valence-electron chi connectivity index (χ1n) is 7.46. The fraction of sp³-hybridized carbons (Fsp3) is 0.118. The van der Waals surface area contributed by atoms with Gasteiger partial charge in [0.1, 0.15) is 12.2 Å². The van der Waals surface area contributed by atoms with E-state index < -0.39 is 28.4 Å². The molecular weight excluding hydrogens is 364 g/mol. The van der Waals surface area contributed by atoms with Crippen molar-refractivity contribution in [2.75, 3.05) is 13.2 Å². The first-order valence-corrected chi connectivity index (χ1v) is 7.84. The third kappa shape index (κ3) is 3.14. The Labute approximate surface area is 152 Å². The minimum atomic E-state index is -0.940. The number of ether oxygens (including phenoxy) is 1. The van der Waals surface area contributed by atoms with Crippen molar-refractivity contribution in [1.29, 1.82) is 0 Å². The predicted octanol–water partition coefficient (Wildman–Crippen LogP) is 2.70. The molecule has 1 aliphatic heterocycles. The lowest BCUT2D eigenvalue weighted by atomic mass is 10.1. The summed E-state index contributed by atoms with van der Waals surface area (Å²) in [6, 6.07) is 9.93. The van der Waals surface area contributed by atoms with Gasteiger partial charge in [-0.1, -0.05) is 23.7 Å². The SMILES string of the molecule is O=C(OCCN1C(=O)c2ccccc2C1=O)c1ccc(Cl)cc1[N+](=O)[O-]. The molecule has 2 aromatic rings. The first kappa shape index (κ1) is 17.6. The lowest BCUT2D eigenvalue weighted by Gasteiger charge is -2.13. The van der Waals surface area contributed by atoms with Gasteiger partial charge in [-0.3, -0.25) is 24.6 Å². The normalized spacial score (nSPS) is 12.9. The largest absolute Gasteiger partial charge is 0.460 e. The van der Waals surface area contributed by atoms with E-state index in [-0.39, 0.29) is 34.9 Å². The van der Waals surface area contributed by atoms with Gasteiger partial charge in [-0.15, -0.1) is 0 Å². The molecule has 132 valence electrons. The average Bonchev–Trinajstić information content (AvgIpc) is 2.86. The highest BCUT2D eigenvalue weighted by molar-refractivity contribution is 6.31. The number of benzene rings is 2. The number of imide groups is 1. The molecule has 0 fully saturated rings. The highest BCUT2D eigenvalue weighted by Gasteiger charge is 2.35. The van der Waals surface area contributed by atoms with E-state index in [1.165, 1.54) is 12.1 Å². The van der Waals surface area contributed by atoms with Gasteiger partial charge in [0.15, 0.2) is 0 Å². The topological polar surface area (TPSA) is 107 Å². The summed E-state index contributed by atoms with van der Waals surface area (Å²) in [5.41, 5.74) is -0.167. The summed E-state index contributed by atoms with van der Waals surface area (Å²) >= 11 is 5.69. The molecule has 26 heavy (non-hydrogen) atoms. The van der Waals surface area contributed by atoms with Crippen LogP contribution in [-0.4, -0.2) is 40.8 Å². The molecule has 2 aromatic carbocycles. The highest BCUT2D eigenvalue weighted by atomic mass is 35.5. The molecule has 0 aliphatic carbocycles. The second kappa shape index (κ2) is 6.93. The standard InChI is InChI=1S/C17H11ClN2O6/c18-10-5-6-13(14(9-10)20(24)25)17(23)26-8-7-19-15(21)11-3-1-2-4-12(11)16(19)22/h1-6,9H,7-8H2. The van der Waals surface area contributed by atoms with Crippen LogP contribution < -0.4 is 0 Å². The van der Waals surface area contributed by atoms with Crippen molar-refractivity contribution in [2.24, 2.45) is 0 Å². The predicted molar refractivity (Wildman–Crippen MR) is 90.2 cm³/mol. The van der Waals surface area contributed by atoms with Gasteiger partial charge in [0.2, 0.25) is 0 Å². The minimum absolute atomic E-state index is 0.110. The molecule has 0 saturated heterocycles. The van der Waals surface area contributed by atoms with Crippen molar-refractivity contribution in [3.8, 4) is 0 Å². The smallest absolute Gasteiger partial charge is 0.345 e. The van der Waals surface area contributed by atoms with E-state index in [1.54, 1.807) is 24.3 Å². The zero-order valence-corrected chi connectivity index (χ0v) is 13.9. The van der Waals surface area contributed by atoms with E-state index in [0.29, 0.717) is 0 Å². The van der Waals surface area contributed by atoms with E-state index in [2.05, 4.69) is 0 Å². The van der Waals surface area contributed by atoms with Gasteiger partial charge >= 0.3 is 5.97 Å². The van der Waals surface area contributed by atoms with Crippen molar-refractivity contribution >= 4 is 35.1 Å². The number of fused-ring (bicyclic) bond motifs is 1. The van der Waals surface area contributed by atoms with Crippen LogP contribution in [0.2, 0.25) is 5.02 Å². The van der Waals surface area contributed by atoms with Crippen molar-refractivity contribution < 1.29 is 24.0 Å². The number of carbonyl (C=O) groups is 3. The molecule has 0 aromatic heterocycles. The van der Waals surface area contributed by atoms with Gasteiger partial charge < -0.3 is 4.74 Å². The lowest BCUT2D eigenvalue weighted by molar-refractivity contribution is -0.385. The van der Waals surface area contributed by atoms with E-state index >= 15 is 0 Å². The van der Waals surface area contributed by atoms with E-state index in [4.69, 9.17) is 16.3 Å². The molecule has 0 bridgehead atoms. The third-order valence-electron chi connectivity index (χ3n) is 3.80. The maximum Gasteiger partial charge on any atom is 0.345 e. The maximum absolute atomic E-state index is 12.2. The van der Waals surface area contributed by atoms with Crippen LogP contribution in [0.4, 0.5) is 5.69 Å². The number of carbonyl (C=O) groups excluding carboxylic acids is 3. The molecule has 0 saturated carbocycles. The van der Waals surface area contributed by atoms with Gasteiger partial charge in [-0.25, -0.2) is 4.79 Å². The molecule has 3 rings (SSSR count). The van der Waals surface area contributed by atoms with E-state index in [9.17, 15) is 24.5 Å². The van der Waals surface area contributed by atoms with Crippen LogP contribution in [0.5, 0.6) is 0 Å². The van der Waals surface area contributed by atoms with Crippen LogP contribution in [0.15, 0.2) is 42.5 Å². The molecule has 8 nitrogen and oxygen atoms in total. The number of hydrogen-bond acceptors (Lipinski definition) is 6. The van der Waals surface area contributed by atoms with Crippen LogP contribution in [0.3, 0.4) is 0 Å².